The minimum Gasteiger partial charge on any atom is -0.481 e. The van der Waals surface area contributed by atoms with Crippen molar-refractivity contribution in [2.75, 3.05) is 6.54 Å². The van der Waals surface area contributed by atoms with Crippen molar-refractivity contribution in [3.63, 3.8) is 0 Å². The molecule has 0 saturated heterocycles. The highest BCUT2D eigenvalue weighted by molar-refractivity contribution is 9.10. The molecule has 1 unspecified atom stereocenters. The van der Waals surface area contributed by atoms with Crippen LogP contribution in [0, 0.1) is 5.92 Å². The average molecular weight is 359 g/mol. The Kier molecular flexibility index (Phi) is 7.50. The van der Waals surface area contributed by atoms with E-state index in [0.29, 0.717) is 24.6 Å². The van der Waals surface area contributed by atoms with Crippen molar-refractivity contribution < 1.29 is 14.7 Å². The second-order valence-electron chi connectivity index (χ2n) is 5.29. The predicted molar refractivity (Wildman–Crippen MR) is 85.3 cm³/mol. The van der Waals surface area contributed by atoms with E-state index in [9.17, 15) is 9.59 Å². The number of aryl methyl sites for hydroxylation is 1. The molecule has 1 rings (SSSR count). The zero-order valence-corrected chi connectivity index (χ0v) is 14.1. The van der Waals surface area contributed by atoms with Gasteiger partial charge in [-0.15, -0.1) is 0 Å². The monoisotopic (exact) mass is 358 g/mol. The molecule has 1 heterocycles. The molecule has 0 aliphatic rings. The van der Waals surface area contributed by atoms with E-state index in [1.54, 1.807) is 10.6 Å². The van der Waals surface area contributed by atoms with Crippen LogP contribution in [0.3, 0.4) is 0 Å². The van der Waals surface area contributed by atoms with Gasteiger partial charge in [-0.25, -0.2) is 0 Å². The highest BCUT2D eigenvalue weighted by Crippen LogP contribution is 2.17. The minimum atomic E-state index is -0.756. The van der Waals surface area contributed by atoms with Crippen molar-refractivity contribution in [2.24, 2.45) is 13.0 Å². The lowest BCUT2D eigenvalue weighted by atomic mass is 9.94. The van der Waals surface area contributed by atoms with E-state index < -0.39 is 5.97 Å². The number of carboxylic acids is 1. The van der Waals surface area contributed by atoms with Gasteiger partial charge in [-0.1, -0.05) is 19.8 Å². The SMILES string of the molecule is CCCC(CCNC(=O)c1cc(Br)cn1C)CCC(=O)O. The molecule has 1 aromatic rings. The molecule has 0 spiro atoms. The third-order valence-electron chi connectivity index (χ3n) is 3.51. The topological polar surface area (TPSA) is 71.3 Å². The predicted octanol–water partition coefficient (Wildman–Crippen LogP) is 3.19. The lowest BCUT2D eigenvalue weighted by Crippen LogP contribution is -2.27. The summed E-state index contributed by atoms with van der Waals surface area (Å²) in [5.74, 6) is -0.503. The molecular formula is C15H23BrN2O3. The zero-order valence-electron chi connectivity index (χ0n) is 12.6. The first-order valence-electron chi connectivity index (χ1n) is 7.25. The molecule has 0 aliphatic heterocycles. The smallest absolute Gasteiger partial charge is 0.303 e. The van der Waals surface area contributed by atoms with E-state index in [-0.39, 0.29) is 12.3 Å². The summed E-state index contributed by atoms with van der Waals surface area (Å²) in [4.78, 5) is 22.7. The number of nitrogens with zero attached hydrogens (tertiary/aromatic N) is 1. The summed E-state index contributed by atoms with van der Waals surface area (Å²) in [5, 5.41) is 11.7. The van der Waals surface area contributed by atoms with E-state index in [1.807, 2.05) is 13.2 Å². The van der Waals surface area contributed by atoms with Crippen LogP contribution in [0.5, 0.6) is 0 Å². The fraction of sp³-hybridized carbons (Fsp3) is 0.600. The molecule has 6 heteroatoms. The van der Waals surface area contributed by atoms with Crippen molar-refractivity contribution in [1.29, 1.82) is 0 Å². The van der Waals surface area contributed by atoms with Crippen molar-refractivity contribution >= 4 is 27.8 Å². The van der Waals surface area contributed by atoms with Crippen LogP contribution in [0.1, 0.15) is 49.5 Å². The van der Waals surface area contributed by atoms with Gasteiger partial charge in [0, 0.05) is 30.7 Å². The average Bonchev–Trinajstić information content (AvgIpc) is 2.74. The Morgan fingerprint density at radius 2 is 2.10 bits per heavy atom. The van der Waals surface area contributed by atoms with Gasteiger partial charge < -0.3 is 15.0 Å². The van der Waals surface area contributed by atoms with E-state index >= 15 is 0 Å². The van der Waals surface area contributed by atoms with Gasteiger partial charge in [0.1, 0.15) is 5.69 Å². The lowest BCUT2D eigenvalue weighted by Gasteiger charge is -2.15. The second-order valence-corrected chi connectivity index (χ2v) is 6.20. The van der Waals surface area contributed by atoms with Gasteiger partial charge in [-0.3, -0.25) is 9.59 Å². The molecule has 1 amide bonds. The van der Waals surface area contributed by atoms with E-state index in [0.717, 1.165) is 23.7 Å². The molecule has 0 saturated carbocycles. The summed E-state index contributed by atoms with van der Waals surface area (Å²) in [6.07, 6.45) is 5.56. The van der Waals surface area contributed by atoms with Crippen LogP contribution >= 0.6 is 15.9 Å². The largest absolute Gasteiger partial charge is 0.481 e. The highest BCUT2D eigenvalue weighted by atomic mass is 79.9. The van der Waals surface area contributed by atoms with Gasteiger partial charge in [0.05, 0.1) is 0 Å². The maximum atomic E-state index is 12.0. The molecule has 118 valence electrons. The quantitative estimate of drug-likeness (QED) is 0.711. The van der Waals surface area contributed by atoms with Gasteiger partial charge in [-0.2, -0.15) is 0 Å². The molecule has 1 atom stereocenters. The second kappa shape index (κ2) is 8.87. The van der Waals surface area contributed by atoms with Crippen molar-refractivity contribution in [2.45, 2.75) is 39.0 Å². The molecule has 1 aromatic heterocycles. The Morgan fingerprint density at radius 1 is 1.38 bits per heavy atom. The van der Waals surface area contributed by atoms with Crippen LogP contribution in [0.4, 0.5) is 0 Å². The first kappa shape index (κ1) is 17.8. The van der Waals surface area contributed by atoms with Crippen LogP contribution in [-0.2, 0) is 11.8 Å². The molecule has 0 fully saturated rings. The number of carbonyl (C=O) groups excluding carboxylic acids is 1. The maximum absolute atomic E-state index is 12.0. The zero-order chi connectivity index (χ0) is 15.8. The summed E-state index contributed by atoms with van der Waals surface area (Å²) in [6.45, 7) is 2.67. The van der Waals surface area contributed by atoms with Gasteiger partial charge in [0.2, 0.25) is 0 Å². The number of aliphatic carboxylic acids is 1. The number of rotatable bonds is 9. The fourth-order valence-corrected chi connectivity index (χ4v) is 2.92. The number of hydrogen-bond donors (Lipinski definition) is 2. The van der Waals surface area contributed by atoms with Crippen LogP contribution in [-0.4, -0.2) is 28.1 Å². The highest BCUT2D eigenvalue weighted by Gasteiger charge is 2.13. The fourth-order valence-electron chi connectivity index (χ4n) is 2.40. The number of hydrogen-bond acceptors (Lipinski definition) is 2. The Hall–Kier alpha value is -1.30. The van der Waals surface area contributed by atoms with Gasteiger partial charge >= 0.3 is 5.97 Å². The first-order chi connectivity index (χ1) is 9.93. The number of halogens is 1. The van der Waals surface area contributed by atoms with Gasteiger partial charge in [-0.05, 0) is 40.8 Å². The normalized spacial score (nSPS) is 12.1. The molecule has 2 N–H and O–H groups in total. The summed E-state index contributed by atoms with van der Waals surface area (Å²) in [7, 11) is 1.83. The van der Waals surface area contributed by atoms with Crippen molar-refractivity contribution in [3.8, 4) is 0 Å². The number of amides is 1. The third kappa shape index (κ3) is 6.33. The molecule has 0 aliphatic carbocycles. The molecular weight excluding hydrogens is 336 g/mol. The van der Waals surface area contributed by atoms with E-state index in [4.69, 9.17) is 5.11 Å². The summed E-state index contributed by atoms with van der Waals surface area (Å²) < 4.78 is 2.65. The van der Waals surface area contributed by atoms with Crippen molar-refractivity contribution in [3.05, 3.63) is 22.4 Å². The molecule has 0 bridgehead atoms. The number of aromatic nitrogens is 1. The standard InChI is InChI=1S/C15H23BrN2O3/c1-3-4-11(5-6-14(19)20)7-8-17-15(21)13-9-12(16)10-18(13)2/h9-11H,3-8H2,1-2H3,(H,17,21)(H,19,20). The lowest BCUT2D eigenvalue weighted by molar-refractivity contribution is -0.137. The van der Waals surface area contributed by atoms with Gasteiger partial charge in [0.15, 0.2) is 0 Å². The molecule has 21 heavy (non-hydrogen) atoms. The van der Waals surface area contributed by atoms with Crippen molar-refractivity contribution in [1.82, 2.24) is 9.88 Å². The van der Waals surface area contributed by atoms with E-state index in [2.05, 4.69) is 28.2 Å². The Labute approximate surface area is 133 Å². The molecule has 0 radical (unpaired) electrons. The Morgan fingerprint density at radius 3 is 2.62 bits per heavy atom. The maximum Gasteiger partial charge on any atom is 0.303 e. The summed E-state index contributed by atoms with van der Waals surface area (Å²) in [5.41, 5.74) is 0.611. The third-order valence-corrected chi connectivity index (χ3v) is 3.94. The Balaban J connectivity index is 2.40. The minimum absolute atomic E-state index is 0.100. The number of carboxylic acid groups (broad SMARTS) is 1. The van der Waals surface area contributed by atoms with Crippen LogP contribution in [0.15, 0.2) is 16.7 Å². The van der Waals surface area contributed by atoms with Crippen LogP contribution < -0.4 is 5.32 Å². The number of carbonyl (C=O) groups is 2. The van der Waals surface area contributed by atoms with E-state index in [1.165, 1.54) is 0 Å². The Bertz CT molecular complexity index is 485. The molecule has 5 nitrogen and oxygen atoms in total. The molecule has 0 aromatic carbocycles. The summed E-state index contributed by atoms with van der Waals surface area (Å²) >= 11 is 3.34. The summed E-state index contributed by atoms with van der Waals surface area (Å²) in [6, 6.07) is 1.78. The van der Waals surface area contributed by atoms with Crippen LogP contribution in [0.25, 0.3) is 0 Å². The number of nitrogens with one attached hydrogen (secondary N) is 1. The first-order valence-corrected chi connectivity index (χ1v) is 8.05. The van der Waals surface area contributed by atoms with Crippen LogP contribution in [0.2, 0.25) is 0 Å². The van der Waals surface area contributed by atoms with Gasteiger partial charge in [0.25, 0.3) is 5.91 Å².